The van der Waals surface area contributed by atoms with Gasteiger partial charge in [-0.25, -0.2) is 4.98 Å². The predicted molar refractivity (Wildman–Crippen MR) is 301 cm³/mol. The maximum absolute atomic E-state index is 14.3. The van der Waals surface area contributed by atoms with Gasteiger partial charge in [-0.3, -0.25) is 57.5 Å². The largest absolute Gasteiger partial charge is 0.481 e. The highest BCUT2D eigenvalue weighted by Gasteiger charge is 2.36. The smallest absolute Gasteiger partial charge is 0.303 e. The highest BCUT2D eigenvalue weighted by atomic mass is 32.1. The van der Waals surface area contributed by atoms with Crippen LogP contribution in [0, 0.1) is 11.8 Å². The number of carbonyl (C=O) groups excluding carboxylic acids is 11. The molecule has 1 rings (SSSR count). The van der Waals surface area contributed by atoms with Crippen molar-refractivity contribution in [2.75, 3.05) is 25.4 Å². The van der Waals surface area contributed by atoms with E-state index in [2.05, 4.69) is 70.4 Å². The van der Waals surface area contributed by atoms with Gasteiger partial charge in [0.25, 0.3) is 0 Å². The van der Waals surface area contributed by atoms with Gasteiger partial charge in [0.05, 0.1) is 6.33 Å². The van der Waals surface area contributed by atoms with Gasteiger partial charge in [-0.05, 0) is 109 Å². The minimum Gasteiger partial charge on any atom is -0.481 e. The summed E-state index contributed by atoms with van der Waals surface area (Å²) in [5, 5.41) is 32.9. The number of aliphatic carboxylic acids is 1. The molecule has 21 N–H and O–H groups in total. The van der Waals surface area contributed by atoms with Gasteiger partial charge in [0.1, 0.15) is 54.4 Å². The minimum absolute atomic E-state index is 0.00289. The molecule has 0 aliphatic heterocycles. The SMILES string of the molecule is CC[C@H](C)[C@H](NC(=O)[C@H](CCC(=O)O)NC(=O)[C@H](CC(C)C)NC(=O)[C@H](CCCCN)NC(=O)[C@H](CCCCN)NC(=O)[C@H](CS)NC(=O)[C@H](Cc1cnc[nH]1)NC(=O)[C@H](CCC(N)=O)NC(C)=O)C(=O)N[C@@H](CCCCN)C(N)=O. The third-order valence-electron chi connectivity index (χ3n) is 13.0. The average Bonchev–Trinajstić information content (AvgIpc) is 3.95. The molecule has 30 heteroatoms. The van der Waals surface area contributed by atoms with Crippen molar-refractivity contribution < 1.29 is 62.6 Å². The molecule has 0 fully saturated rings. The van der Waals surface area contributed by atoms with E-state index in [1.807, 2.05) is 0 Å². The van der Waals surface area contributed by atoms with Gasteiger partial charge in [0, 0.05) is 43.8 Å². The fraction of sp³-hybridized carbons (Fsp3) is 0.706. The van der Waals surface area contributed by atoms with Crippen molar-refractivity contribution in [3.63, 3.8) is 0 Å². The maximum atomic E-state index is 14.3. The summed E-state index contributed by atoms with van der Waals surface area (Å²) in [5.41, 5.74) is 28.4. The fourth-order valence-corrected chi connectivity index (χ4v) is 8.47. The van der Waals surface area contributed by atoms with E-state index in [-0.39, 0.29) is 69.7 Å². The summed E-state index contributed by atoms with van der Waals surface area (Å²) >= 11 is 4.29. The Bertz CT molecular complexity index is 2210. The number of thiol groups is 1. The van der Waals surface area contributed by atoms with Crippen LogP contribution in [0.3, 0.4) is 0 Å². The summed E-state index contributed by atoms with van der Waals surface area (Å²) in [6.07, 6.45) is 4.20. The van der Waals surface area contributed by atoms with Crippen LogP contribution in [0.15, 0.2) is 12.5 Å². The molecule has 0 aliphatic carbocycles. The van der Waals surface area contributed by atoms with Crippen LogP contribution in [0.5, 0.6) is 0 Å². The second-order valence-electron chi connectivity index (χ2n) is 20.3. The molecule has 29 nitrogen and oxygen atoms in total. The van der Waals surface area contributed by atoms with Gasteiger partial charge >= 0.3 is 5.97 Å². The monoisotopic (exact) mass is 1170 g/mol. The van der Waals surface area contributed by atoms with Crippen LogP contribution in [-0.4, -0.2) is 166 Å². The molecule has 458 valence electrons. The summed E-state index contributed by atoms with van der Waals surface area (Å²) < 4.78 is 0. The van der Waals surface area contributed by atoms with Crippen LogP contribution in [0.25, 0.3) is 0 Å². The van der Waals surface area contributed by atoms with Gasteiger partial charge in [0.2, 0.25) is 65.0 Å². The molecule has 0 unspecified atom stereocenters. The first-order valence-electron chi connectivity index (χ1n) is 27.5. The molecular weight excluding hydrogens is 1080 g/mol. The van der Waals surface area contributed by atoms with E-state index in [4.69, 9.17) is 28.7 Å². The Morgan fingerprint density at radius 1 is 0.543 bits per heavy atom. The number of rotatable bonds is 43. The molecule has 1 aromatic rings. The van der Waals surface area contributed by atoms with Crippen molar-refractivity contribution in [3.05, 3.63) is 18.2 Å². The number of hydrogen-bond donors (Lipinski definition) is 17. The number of imidazole rings is 1. The summed E-state index contributed by atoms with van der Waals surface area (Å²) in [4.78, 5) is 166. The lowest BCUT2D eigenvalue weighted by atomic mass is 9.96. The summed E-state index contributed by atoms with van der Waals surface area (Å²) in [7, 11) is 0. The second kappa shape index (κ2) is 39.5. The zero-order valence-electron chi connectivity index (χ0n) is 47.3. The molecule has 0 bridgehead atoms. The molecular formula is C51H90N16O13S. The van der Waals surface area contributed by atoms with E-state index in [1.165, 1.54) is 12.5 Å². The van der Waals surface area contributed by atoms with E-state index in [9.17, 15) is 62.6 Å². The van der Waals surface area contributed by atoms with Crippen LogP contribution in [0.1, 0.15) is 137 Å². The van der Waals surface area contributed by atoms with E-state index < -0.39 is 144 Å². The lowest BCUT2D eigenvalue weighted by Gasteiger charge is -2.29. The lowest BCUT2D eigenvalue weighted by molar-refractivity contribution is -0.139. The number of carbonyl (C=O) groups is 12. The zero-order valence-corrected chi connectivity index (χ0v) is 48.2. The topological polar surface area (TPSA) is 492 Å². The highest BCUT2D eigenvalue weighted by molar-refractivity contribution is 7.80. The van der Waals surface area contributed by atoms with Crippen molar-refractivity contribution in [2.45, 2.75) is 192 Å². The molecule has 0 aromatic carbocycles. The first-order valence-corrected chi connectivity index (χ1v) is 28.1. The van der Waals surface area contributed by atoms with E-state index in [0.717, 1.165) is 6.92 Å². The number of primary amides is 2. The van der Waals surface area contributed by atoms with Crippen LogP contribution in [0.4, 0.5) is 0 Å². The Kier molecular flexibility index (Phi) is 35.1. The number of aromatic nitrogens is 2. The number of nitrogens with zero attached hydrogens (tertiary/aromatic N) is 1. The van der Waals surface area contributed by atoms with Crippen LogP contribution < -0.4 is 76.5 Å². The maximum Gasteiger partial charge on any atom is 0.303 e. The van der Waals surface area contributed by atoms with Crippen molar-refractivity contribution in [1.82, 2.24) is 57.8 Å². The molecule has 1 aromatic heterocycles. The Balaban J connectivity index is 3.53. The number of aromatic amines is 1. The number of nitrogens with two attached hydrogens (primary N) is 5. The van der Waals surface area contributed by atoms with E-state index >= 15 is 0 Å². The number of carboxylic acids is 1. The molecule has 0 radical (unpaired) electrons. The highest BCUT2D eigenvalue weighted by Crippen LogP contribution is 2.14. The van der Waals surface area contributed by atoms with Gasteiger partial charge in [-0.15, -0.1) is 0 Å². The molecule has 11 amide bonds. The number of nitrogens with one attached hydrogen (secondary N) is 10. The third-order valence-corrected chi connectivity index (χ3v) is 13.3. The van der Waals surface area contributed by atoms with Crippen LogP contribution in [-0.2, 0) is 64.0 Å². The summed E-state index contributed by atoms with van der Waals surface area (Å²) in [5.74, 6) is -11.3. The lowest BCUT2D eigenvalue weighted by Crippen LogP contribution is -2.61. The Hall–Kier alpha value is -6.92. The number of H-pyrrole nitrogens is 1. The molecule has 0 saturated carbocycles. The van der Waals surface area contributed by atoms with Gasteiger partial charge in [-0.1, -0.05) is 34.1 Å². The standard InChI is InChI=1S/C51H90N16O13S/c1-6-29(4)42(51(80)60-32(43(56)72)13-7-10-20-52)67-47(76)36(17-19-41(70)71)63-48(77)37(23-28(2)3)64-45(74)34(15-9-12-22-54)61-44(73)33(14-8-11-21-53)62-50(79)39(26-81)66-49(78)38(24-31-25-57-27-58-31)65-46(75)35(59-30(5)68)16-18-40(55)69/h25,27-29,32-39,42,81H,6-24,26,52-54H2,1-5H3,(H2,55,69)(H2,56,72)(H,57,58)(H,59,68)(H,60,80)(H,61,73)(H,62,79)(H,63,77)(H,64,74)(H,65,75)(H,66,78)(H,67,76)(H,70,71)/t29-,32-,33-,34-,35-,36-,37-,38-,39-,42-/m0/s1. The first kappa shape index (κ1) is 72.1. The van der Waals surface area contributed by atoms with Crippen molar-refractivity contribution >= 4 is 83.6 Å². The molecule has 0 spiro atoms. The summed E-state index contributed by atoms with van der Waals surface area (Å²) in [6, 6.07) is -12.0. The molecule has 0 saturated heterocycles. The predicted octanol–water partition coefficient (Wildman–Crippen LogP) is -3.64. The van der Waals surface area contributed by atoms with Crippen molar-refractivity contribution in [2.24, 2.45) is 40.5 Å². The normalized spacial score (nSPS) is 14.8. The average molecular weight is 1170 g/mol. The van der Waals surface area contributed by atoms with Crippen LogP contribution >= 0.6 is 12.6 Å². The van der Waals surface area contributed by atoms with Crippen molar-refractivity contribution in [1.29, 1.82) is 0 Å². The van der Waals surface area contributed by atoms with Crippen molar-refractivity contribution in [3.8, 4) is 0 Å². The van der Waals surface area contributed by atoms with Gasteiger partial charge < -0.3 is 86.6 Å². The summed E-state index contributed by atoms with van der Waals surface area (Å²) in [6.45, 7) is 8.92. The fourth-order valence-electron chi connectivity index (χ4n) is 8.21. The van der Waals surface area contributed by atoms with E-state index in [0.29, 0.717) is 57.2 Å². The molecule has 1 heterocycles. The Labute approximate surface area is 478 Å². The van der Waals surface area contributed by atoms with Gasteiger partial charge in [-0.2, -0.15) is 12.6 Å². The number of unbranched alkanes of at least 4 members (excludes halogenated alkanes) is 3. The zero-order chi connectivity index (χ0) is 61.2. The third kappa shape index (κ3) is 28.9. The van der Waals surface area contributed by atoms with Crippen LogP contribution in [0.2, 0.25) is 0 Å². The second-order valence-corrected chi connectivity index (χ2v) is 20.7. The Morgan fingerprint density at radius 2 is 0.951 bits per heavy atom. The minimum atomic E-state index is -1.54. The first-order chi connectivity index (χ1) is 38.3. The van der Waals surface area contributed by atoms with E-state index in [1.54, 1.807) is 27.7 Å². The molecule has 0 aliphatic rings. The molecule has 10 atom stereocenters. The van der Waals surface area contributed by atoms with Gasteiger partial charge in [0.15, 0.2) is 0 Å². The molecule has 81 heavy (non-hydrogen) atoms. The number of amides is 11. The number of carboxylic acid groups (broad SMARTS) is 1. The Morgan fingerprint density at radius 3 is 1.38 bits per heavy atom. The number of hydrogen-bond acceptors (Lipinski definition) is 17. The quantitative estimate of drug-likeness (QED) is 0.0222.